The molecule has 0 aromatic heterocycles. The topological polar surface area (TPSA) is 136 Å². The first-order chi connectivity index (χ1) is 3.71. The predicted octanol–water partition coefficient (Wildman–Crippen LogP) is -18.3. The second-order valence-electron chi connectivity index (χ2n) is 0.976. The van der Waals surface area contributed by atoms with Crippen LogP contribution in [0.4, 0.5) is 0 Å². The van der Waals surface area contributed by atoms with Gasteiger partial charge in [-0.2, -0.15) is 0 Å². The minimum atomic E-state index is -5.68. The molecule has 14 heteroatoms. The van der Waals surface area contributed by atoms with E-state index in [4.69, 9.17) is 0 Å². The summed E-state index contributed by atoms with van der Waals surface area (Å²) >= 11 is 0. The maximum atomic E-state index is 9.32. The summed E-state index contributed by atoms with van der Waals surface area (Å²) in [6.45, 7) is 0. The zero-order chi connectivity index (χ0) is 7.71. The molecule has 0 spiro atoms. The Bertz CT molecular complexity index is 161. The van der Waals surface area contributed by atoms with Crippen molar-refractivity contribution in [2.24, 2.45) is 0 Å². The van der Waals surface area contributed by atoms with Gasteiger partial charge >= 0.3 is 148 Å². The molecule has 0 fully saturated rings. The number of phosphoric acid groups is 2. The van der Waals surface area contributed by atoms with Gasteiger partial charge in [0.25, 0.3) is 0 Å². The van der Waals surface area contributed by atoms with Gasteiger partial charge in [0, 0.05) is 0 Å². The average Bonchev–Trinajstić information content (AvgIpc) is 1.14. The Morgan fingerprint density at radius 1 is 0.643 bits per heavy atom. The molecule has 0 heterocycles. The van der Waals surface area contributed by atoms with Crippen molar-refractivity contribution in [2.45, 2.75) is 0 Å². The fourth-order valence-electron chi connectivity index (χ4n) is 0.122. The van der Waals surface area contributed by atoms with Gasteiger partial charge in [-0.25, -0.2) is 0 Å². The Labute approximate surface area is 192 Å². The number of hydrogen-bond acceptors (Lipinski definition) is 7. The van der Waals surface area contributed by atoms with Crippen LogP contribution in [0.2, 0.25) is 0 Å². The molecule has 0 radical (unpaired) electrons. The average molecular weight is 289 g/mol. The van der Waals surface area contributed by atoms with Crippen molar-refractivity contribution in [3.8, 4) is 0 Å². The molecule has 56 valence electrons. The van der Waals surface area contributed by atoms with Crippen LogP contribution in [0.3, 0.4) is 0 Å². The van der Waals surface area contributed by atoms with Crippen molar-refractivity contribution >= 4 is 15.6 Å². The molecule has 0 aliphatic heterocycles. The molecule has 0 rings (SSSR count). The summed E-state index contributed by atoms with van der Waals surface area (Å²) in [6.07, 6.45) is 0. The maximum Gasteiger partial charge on any atom is 1.00 e. The molecule has 0 aliphatic carbocycles. The van der Waals surface area contributed by atoms with Crippen molar-refractivity contribution in [3.05, 3.63) is 0 Å². The molecule has 0 bridgehead atoms. The van der Waals surface area contributed by atoms with E-state index in [1.165, 1.54) is 0 Å². The second kappa shape index (κ2) is 16.3. The van der Waals surface area contributed by atoms with Crippen LogP contribution < -0.4 is 167 Å². The molecule has 0 aromatic rings. The molecular weight excluding hydrogens is 289 g/mol. The van der Waals surface area contributed by atoms with E-state index in [1.807, 2.05) is 0 Å². The Kier molecular flexibility index (Phi) is 42.6. The van der Waals surface area contributed by atoms with Crippen LogP contribution in [0, 0.1) is 0 Å². The van der Waals surface area contributed by atoms with Crippen LogP contribution in [0.15, 0.2) is 0 Å². The summed E-state index contributed by atoms with van der Waals surface area (Å²) < 4.78 is 21.2. The van der Waals surface area contributed by atoms with E-state index in [1.54, 1.807) is 0 Å². The van der Waals surface area contributed by atoms with Gasteiger partial charge in [-0.3, -0.25) is 0 Å². The molecule has 14 heavy (non-hydrogen) atoms. The minimum Gasteiger partial charge on any atom is -0.790 e. The monoisotopic (exact) mass is 289 g/mol. The van der Waals surface area contributed by atoms with Crippen LogP contribution in [-0.4, -0.2) is 0 Å². The number of hydrogen-bond donors (Lipinski definition) is 0. The molecule has 7 nitrogen and oxygen atoms in total. The molecule has 0 aliphatic rings. The molecule has 0 N–H and O–H groups in total. The van der Waals surface area contributed by atoms with Crippen LogP contribution in [0.1, 0.15) is 0 Å². The molecule has 0 unspecified atom stereocenters. The van der Waals surface area contributed by atoms with Crippen molar-refractivity contribution in [1.82, 2.24) is 0 Å². The Hall–Kier alpha value is 5.26. The first-order valence-corrected chi connectivity index (χ1v) is 4.38. The zero-order valence-corrected chi connectivity index (χ0v) is 20.5. The summed E-state index contributed by atoms with van der Waals surface area (Å²) in [5.74, 6) is 0. The molecule has 0 amide bonds. The van der Waals surface area contributed by atoms with E-state index < -0.39 is 15.6 Å². The van der Waals surface area contributed by atoms with Crippen molar-refractivity contribution in [1.29, 1.82) is 0 Å². The fraction of sp³-hybridized carbons (Fsp3) is 0. The standard InChI is InChI=1S/5Na.H4O7P2/c;;;;;1-8(2,3)7-9(4,5)6/h;;;;;(H2,1,2,3)(H2,4,5,6)/q5*+1;/p-4. The van der Waals surface area contributed by atoms with Gasteiger partial charge in [-0.05, 0) is 0 Å². The van der Waals surface area contributed by atoms with Gasteiger partial charge in [0.2, 0.25) is 0 Å². The fourth-order valence-corrected chi connectivity index (χ4v) is 1.10. The van der Waals surface area contributed by atoms with Gasteiger partial charge < -0.3 is 33.0 Å². The van der Waals surface area contributed by atoms with Gasteiger partial charge in [-0.15, -0.1) is 0 Å². The first-order valence-electron chi connectivity index (χ1n) is 1.46. The minimum absolute atomic E-state index is 0. The zero-order valence-electron chi connectivity index (χ0n) is 8.75. The predicted molar refractivity (Wildman–Crippen MR) is 16.3 cm³/mol. The largest absolute Gasteiger partial charge is 1.00 e. The van der Waals surface area contributed by atoms with E-state index in [0.717, 1.165) is 0 Å². The van der Waals surface area contributed by atoms with Gasteiger partial charge in [0.1, 0.15) is 0 Å². The quantitative estimate of drug-likeness (QED) is 0.363. The van der Waals surface area contributed by atoms with E-state index >= 15 is 0 Å². The maximum absolute atomic E-state index is 9.32. The van der Waals surface area contributed by atoms with Crippen LogP contribution in [0.5, 0.6) is 0 Å². The first kappa shape index (κ1) is 36.5. The second-order valence-corrected chi connectivity index (χ2v) is 3.42. The summed E-state index contributed by atoms with van der Waals surface area (Å²) in [7, 11) is -11.4. The molecule has 0 saturated heterocycles. The molecule has 0 saturated carbocycles. The number of rotatable bonds is 2. The summed E-state index contributed by atoms with van der Waals surface area (Å²) in [4.78, 5) is 37.3. The third kappa shape index (κ3) is 36.0. The smallest absolute Gasteiger partial charge is 0.790 e. The Morgan fingerprint density at radius 2 is 0.786 bits per heavy atom. The van der Waals surface area contributed by atoms with Crippen LogP contribution >= 0.6 is 15.6 Å². The Balaban J connectivity index is -0.0000000320. The summed E-state index contributed by atoms with van der Waals surface area (Å²) in [6, 6.07) is 0. The normalized spacial score (nSPS) is 8.86. The van der Waals surface area contributed by atoms with E-state index in [-0.39, 0.29) is 148 Å². The van der Waals surface area contributed by atoms with Gasteiger partial charge in [0.15, 0.2) is 0 Å². The van der Waals surface area contributed by atoms with Gasteiger partial charge in [0.05, 0.1) is 15.6 Å². The summed E-state index contributed by atoms with van der Waals surface area (Å²) in [5.41, 5.74) is 0. The Morgan fingerprint density at radius 3 is 0.786 bits per heavy atom. The van der Waals surface area contributed by atoms with Crippen molar-refractivity contribution < 1.29 is 181 Å². The van der Waals surface area contributed by atoms with Crippen molar-refractivity contribution in [3.63, 3.8) is 0 Å². The van der Waals surface area contributed by atoms with Crippen molar-refractivity contribution in [2.75, 3.05) is 0 Å². The molecule has 0 aromatic carbocycles. The molecular formula is Na5O7P2+. The SMILES string of the molecule is O=P([O-])([O-])OP(=O)([O-])[O-].[Na+].[Na+].[Na+].[Na+].[Na+]. The van der Waals surface area contributed by atoms with E-state index in [9.17, 15) is 28.7 Å². The van der Waals surface area contributed by atoms with Crippen LogP contribution in [0.25, 0.3) is 0 Å². The molecule has 0 atom stereocenters. The third-order valence-electron chi connectivity index (χ3n) is 0.200. The van der Waals surface area contributed by atoms with E-state index in [0.29, 0.717) is 0 Å². The van der Waals surface area contributed by atoms with Gasteiger partial charge in [-0.1, -0.05) is 0 Å². The third-order valence-corrected chi connectivity index (χ3v) is 1.80. The van der Waals surface area contributed by atoms with E-state index in [2.05, 4.69) is 4.31 Å². The summed E-state index contributed by atoms with van der Waals surface area (Å²) in [5, 5.41) is 0. The van der Waals surface area contributed by atoms with Crippen LogP contribution in [-0.2, 0) is 13.4 Å².